The Labute approximate surface area is 216 Å². The standard InChI is InChI=1S/C25H30N8O3S/c1-32(2)18-8-11-33(12-9-18)37(34,35)25-29-24(30-31-25)28-23-20-6-4-5-19(20)17(15-26)13-21(23)16-7-10-27-22(14-16)36-3/h7,10,13-14,18H,4-6,8-9,11-12H2,1-3H3,(H2,28,29,30,31). The smallest absolute Gasteiger partial charge is 0.278 e. The normalized spacial score (nSPS) is 16.5. The summed E-state index contributed by atoms with van der Waals surface area (Å²) in [5.41, 5.74) is 5.03. The number of fused-ring (bicyclic) bond motifs is 1. The van der Waals surface area contributed by atoms with Gasteiger partial charge in [-0.1, -0.05) is 0 Å². The molecular formula is C25H30N8O3S. The Balaban J connectivity index is 1.48. The van der Waals surface area contributed by atoms with E-state index in [9.17, 15) is 13.7 Å². The highest BCUT2D eigenvalue weighted by Gasteiger charge is 2.33. The molecule has 0 radical (unpaired) electrons. The fraction of sp³-hybridized carbons (Fsp3) is 0.440. The number of hydrogen-bond acceptors (Lipinski definition) is 9. The molecule has 1 aliphatic heterocycles. The molecule has 0 unspecified atom stereocenters. The van der Waals surface area contributed by atoms with Gasteiger partial charge >= 0.3 is 0 Å². The topological polar surface area (TPSA) is 140 Å². The number of nitrogens with one attached hydrogen (secondary N) is 2. The van der Waals surface area contributed by atoms with Crippen LogP contribution in [0, 0.1) is 11.3 Å². The van der Waals surface area contributed by atoms with Crippen molar-refractivity contribution < 1.29 is 13.2 Å². The first-order valence-corrected chi connectivity index (χ1v) is 13.7. The van der Waals surface area contributed by atoms with Gasteiger partial charge in [0, 0.05) is 37.0 Å². The minimum Gasteiger partial charge on any atom is -0.481 e. The predicted octanol–water partition coefficient (Wildman–Crippen LogP) is 2.69. The van der Waals surface area contributed by atoms with Crippen molar-refractivity contribution in [3.63, 3.8) is 0 Å². The number of piperidine rings is 1. The van der Waals surface area contributed by atoms with E-state index in [2.05, 4.69) is 36.5 Å². The molecule has 1 fully saturated rings. The van der Waals surface area contributed by atoms with Gasteiger partial charge in [0.25, 0.3) is 15.2 Å². The first-order chi connectivity index (χ1) is 17.8. The maximum absolute atomic E-state index is 13.3. The van der Waals surface area contributed by atoms with Crippen molar-refractivity contribution in [2.24, 2.45) is 0 Å². The number of sulfonamides is 1. The van der Waals surface area contributed by atoms with Gasteiger partial charge in [0.1, 0.15) is 0 Å². The molecule has 0 spiro atoms. The van der Waals surface area contributed by atoms with Gasteiger partial charge in [-0.05, 0) is 75.0 Å². The molecule has 2 aromatic heterocycles. The fourth-order valence-corrected chi connectivity index (χ4v) is 6.51. The summed E-state index contributed by atoms with van der Waals surface area (Å²) >= 11 is 0. The highest BCUT2D eigenvalue weighted by molar-refractivity contribution is 7.88. The number of aromatic nitrogens is 4. The van der Waals surface area contributed by atoms with Gasteiger partial charge in [0.05, 0.1) is 24.4 Å². The van der Waals surface area contributed by atoms with Crippen molar-refractivity contribution in [2.45, 2.75) is 43.3 Å². The zero-order chi connectivity index (χ0) is 26.2. The van der Waals surface area contributed by atoms with Gasteiger partial charge in [-0.25, -0.2) is 13.4 Å². The number of hydrogen-bond donors (Lipinski definition) is 2. The van der Waals surface area contributed by atoms with Crippen LogP contribution < -0.4 is 10.1 Å². The average molecular weight is 523 g/mol. The molecule has 3 heterocycles. The third kappa shape index (κ3) is 4.77. The second-order valence-electron chi connectivity index (χ2n) is 9.56. The Morgan fingerprint density at radius 1 is 1.19 bits per heavy atom. The SMILES string of the molecule is COc1cc(-c2cc(C#N)c3c(c2Nc2nnc(S(=O)(=O)N4CCC(N(C)C)CC4)[nH]2)CCC3)ccn1. The third-order valence-corrected chi connectivity index (χ3v) is 8.94. The molecule has 1 aliphatic carbocycles. The number of ether oxygens (including phenoxy) is 1. The van der Waals surface area contributed by atoms with Crippen LogP contribution in [-0.4, -0.2) is 78.1 Å². The lowest BCUT2D eigenvalue weighted by atomic mass is 9.94. The van der Waals surface area contributed by atoms with Crippen LogP contribution in [0.15, 0.2) is 29.6 Å². The van der Waals surface area contributed by atoms with Crippen molar-refractivity contribution in [3.8, 4) is 23.1 Å². The van der Waals surface area contributed by atoms with Crippen molar-refractivity contribution in [3.05, 3.63) is 41.1 Å². The summed E-state index contributed by atoms with van der Waals surface area (Å²) in [5.74, 6) is 0.677. The van der Waals surface area contributed by atoms with E-state index in [1.807, 2.05) is 26.2 Å². The molecule has 11 nitrogen and oxygen atoms in total. The van der Waals surface area contributed by atoms with Crippen LogP contribution in [0.3, 0.4) is 0 Å². The first-order valence-electron chi connectivity index (χ1n) is 12.3. The fourth-order valence-electron chi connectivity index (χ4n) is 5.20. The quantitative estimate of drug-likeness (QED) is 0.479. The molecule has 2 N–H and O–H groups in total. The number of nitriles is 1. The van der Waals surface area contributed by atoms with E-state index < -0.39 is 10.0 Å². The van der Waals surface area contributed by atoms with Crippen molar-refractivity contribution in [1.82, 2.24) is 29.4 Å². The Hall–Kier alpha value is -3.53. The summed E-state index contributed by atoms with van der Waals surface area (Å²) in [4.78, 5) is 9.20. The lowest BCUT2D eigenvalue weighted by Gasteiger charge is -2.33. The van der Waals surface area contributed by atoms with E-state index >= 15 is 0 Å². The minimum absolute atomic E-state index is 0.185. The number of nitrogens with zero attached hydrogens (tertiary/aromatic N) is 6. The second-order valence-corrected chi connectivity index (χ2v) is 11.4. The highest BCUT2D eigenvalue weighted by Crippen LogP contribution is 2.41. The average Bonchev–Trinajstić information content (AvgIpc) is 3.59. The van der Waals surface area contributed by atoms with Gasteiger partial charge in [-0.15, -0.1) is 10.2 Å². The van der Waals surface area contributed by atoms with E-state index in [1.54, 1.807) is 19.4 Å². The summed E-state index contributed by atoms with van der Waals surface area (Å²) in [7, 11) is 1.78. The van der Waals surface area contributed by atoms with Crippen LogP contribution in [0.5, 0.6) is 5.88 Å². The molecule has 1 saturated heterocycles. The number of aromatic amines is 1. The predicted molar refractivity (Wildman–Crippen MR) is 138 cm³/mol. The molecule has 194 valence electrons. The summed E-state index contributed by atoms with van der Waals surface area (Å²) < 4.78 is 33.3. The Morgan fingerprint density at radius 3 is 2.65 bits per heavy atom. The molecule has 1 aromatic carbocycles. The maximum Gasteiger partial charge on any atom is 0.278 e. The Kier molecular flexibility index (Phi) is 6.85. The second kappa shape index (κ2) is 10.1. The molecule has 37 heavy (non-hydrogen) atoms. The molecule has 0 atom stereocenters. The van der Waals surface area contributed by atoms with Crippen molar-refractivity contribution in [2.75, 3.05) is 39.6 Å². The largest absolute Gasteiger partial charge is 0.481 e. The maximum atomic E-state index is 13.3. The monoisotopic (exact) mass is 522 g/mol. The van der Waals surface area contributed by atoms with Gasteiger partial charge in [0.2, 0.25) is 11.8 Å². The van der Waals surface area contributed by atoms with Crippen molar-refractivity contribution >= 4 is 21.7 Å². The lowest BCUT2D eigenvalue weighted by molar-refractivity contribution is 0.196. The van der Waals surface area contributed by atoms with Crippen LogP contribution >= 0.6 is 0 Å². The molecule has 3 aromatic rings. The van der Waals surface area contributed by atoms with E-state index in [1.165, 1.54) is 4.31 Å². The third-order valence-electron chi connectivity index (χ3n) is 7.23. The van der Waals surface area contributed by atoms with Crippen LogP contribution in [-0.2, 0) is 22.9 Å². The number of benzene rings is 1. The highest BCUT2D eigenvalue weighted by atomic mass is 32.2. The molecule has 0 amide bonds. The molecule has 0 bridgehead atoms. The number of rotatable bonds is 7. The van der Waals surface area contributed by atoms with Crippen LogP contribution in [0.2, 0.25) is 0 Å². The van der Waals surface area contributed by atoms with Crippen LogP contribution in [0.1, 0.15) is 36.0 Å². The Bertz CT molecular complexity index is 1450. The number of H-pyrrole nitrogens is 1. The molecule has 5 rings (SSSR count). The number of pyridine rings is 1. The summed E-state index contributed by atoms with van der Waals surface area (Å²) in [6.45, 7) is 0.873. The van der Waals surface area contributed by atoms with E-state index in [0.717, 1.165) is 60.0 Å². The van der Waals surface area contributed by atoms with Crippen LogP contribution in [0.4, 0.5) is 11.6 Å². The van der Waals surface area contributed by atoms with Crippen LogP contribution in [0.25, 0.3) is 11.1 Å². The molecular weight excluding hydrogens is 492 g/mol. The van der Waals surface area contributed by atoms with E-state index in [4.69, 9.17) is 4.74 Å². The van der Waals surface area contributed by atoms with Crippen molar-refractivity contribution in [1.29, 1.82) is 5.26 Å². The summed E-state index contributed by atoms with van der Waals surface area (Å²) in [5, 5.41) is 21.0. The van der Waals surface area contributed by atoms with Gasteiger partial charge in [-0.3, -0.25) is 4.98 Å². The number of methoxy groups -OCH3 is 1. The first kappa shape index (κ1) is 25.1. The summed E-state index contributed by atoms with van der Waals surface area (Å²) in [6.07, 6.45) is 5.72. The van der Waals surface area contributed by atoms with E-state index in [0.29, 0.717) is 30.6 Å². The Morgan fingerprint density at radius 2 is 1.95 bits per heavy atom. The van der Waals surface area contributed by atoms with Gasteiger partial charge < -0.3 is 15.0 Å². The summed E-state index contributed by atoms with van der Waals surface area (Å²) in [6, 6.07) is 8.19. The molecule has 0 saturated carbocycles. The number of anilines is 2. The van der Waals surface area contributed by atoms with E-state index in [-0.39, 0.29) is 11.1 Å². The van der Waals surface area contributed by atoms with Gasteiger partial charge in [-0.2, -0.15) is 9.57 Å². The molecule has 2 aliphatic rings. The lowest BCUT2D eigenvalue weighted by Crippen LogP contribution is -2.44. The molecule has 12 heteroatoms. The minimum atomic E-state index is -3.80. The zero-order valence-corrected chi connectivity index (χ0v) is 22.0. The zero-order valence-electron chi connectivity index (χ0n) is 21.2. The van der Waals surface area contributed by atoms with Gasteiger partial charge in [0.15, 0.2) is 0 Å².